The van der Waals surface area contributed by atoms with Crippen LogP contribution in [0.3, 0.4) is 0 Å². The Bertz CT molecular complexity index is 339. The van der Waals surface area contributed by atoms with Crippen LogP contribution in [0.5, 0.6) is 11.5 Å². The first-order valence-corrected chi connectivity index (χ1v) is 4.66. The van der Waals surface area contributed by atoms with Crippen LogP contribution in [-0.4, -0.2) is 20.8 Å². The molecule has 0 aliphatic carbocycles. The van der Waals surface area contributed by atoms with Crippen molar-refractivity contribution in [3.8, 4) is 11.5 Å². The number of halogens is 1. The minimum Gasteiger partial charge on any atom is -0.493 e. The molecule has 0 aliphatic heterocycles. The van der Waals surface area contributed by atoms with E-state index in [4.69, 9.17) is 15.2 Å². The Labute approximate surface area is 89.0 Å². The third kappa shape index (κ3) is 2.39. The van der Waals surface area contributed by atoms with Gasteiger partial charge in [-0.2, -0.15) is 0 Å². The average molecular weight is 213 g/mol. The Balaban J connectivity index is 3.13. The number of hydrogen-bond acceptors (Lipinski definition) is 3. The van der Waals surface area contributed by atoms with Crippen molar-refractivity contribution in [1.29, 1.82) is 0 Å². The van der Waals surface area contributed by atoms with Crippen LogP contribution < -0.4 is 15.2 Å². The summed E-state index contributed by atoms with van der Waals surface area (Å²) in [5.41, 5.74) is 4.30. The molecule has 15 heavy (non-hydrogen) atoms. The first-order chi connectivity index (χ1) is 7.05. The number of hydrogen-bond donors (Lipinski definition) is 1. The second-order valence-corrected chi connectivity index (χ2v) is 3.47. The maximum atomic E-state index is 13.9. The van der Waals surface area contributed by atoms with Crippen LogP contribution >= 0.6 is 0 Å². The molecule has 0 unspecified atom stereocenters. The number of methoxy groups -OCH3 is 2. The maximum absolute atomic E-state index is 13.9. The van der Waals surface area contributed by atoms with Crippen LogP contribution in [0.15, 0.2) is 18.2 Å². The van der Waals surface area contributed by atoms with Crippen molar-refractivity contribution in [1.82, 2.24) is 0 Å². The number of rotatable bonds is 4. The lowest BCUT2D eigenvalue weighted by atomic mass is 9.98. The zero-order valence-corrected chi connectivity index (χ0v) is 9.21. The summed E-state index contributed by atoms with van der Waals surface area (Å²) in [5.74, 6) is 1.08. The van der Waals surface area contributed by atoms with E-state index in [1.165, 1.54) is 21.1 Å². The van der Waals surface area contributed by atoms with Gasteiger partial charge in [-0.1, -0.05) is 6.07 Å². The van der Waals surface area contributed by atoms with E-state index in [1.54, 1.807) is 18.2 Å². The third-order valence-corrected chi connectivity index (χ3v) is 2.37. The summed E-state index contributed by atoms with van der Waals surface area (Å²) in [6, 6.07) is 4.92. The Kier molecular flexibility index (Phi) is 3.52. The summed E-state index contributed by atoms with van der Waals surface area (Å²) in [6.45, 7) is 1.37. The molecule has 1 atom stereocenters. The average Bonchev–Trinajstić information content (AvgIpc) is 2.28. The predicted molar refractivity (Wildman–Crippen MR) is 57.1 cm³/mol. The van der Waals surface area contributed by atoms with Crippen LogP contribution in [0.2, 0.25) is 0 Å². The van der Waals surface area contributed by atoms with Crippen molar-refractivity contribution in [3.05, 3.63) is 23.8 Å². The topological polar surface area (TPSA) is 44.5 Å². The van der Waals surface area contributed by atoms with Crippen LogP contribution in [0.25, 0.3) is 0 Å². The van der Waals surface area contributed by atoms with Gasteiger partial charge in [0.25, 0.3) is 0 Å². The van der Waals surface area contributed by atoms with Gasteiger partial charge >= 0.3 is 0 Å². The molecule has 1 aromatic carbocycles. The zero-order valence-electron chi connectivity index (χ0n) is 9.21. The van der Waals surface area contributed by atoms with Crippen molar-refractivity contribution in [2.75, 3.05) is 20.8 Å². The Morgan fingerprint density at radius 1 is 1.27 bits per heavy atom. The van der Waals surface area contributed by atoms with E-state index in [1.807, 2.05) is 0 Å². The molecule has 0 saturated heterocycles. The fraction of sp³-hybridized carbons (Fsp3) is 0.455. The Hall–Kier alpha value is -1.29. The molecular formula is C11H16FNO2. The predicted octanol–water partition coefficient (Wildman–Crippen LogP) is 1.85. The van der Waals surface area contributed by atoms with Gasteiger partial charge in [0.15, 0.2) is 11.5 Å². The van der Waals surface area contributed by atoms with E-state index < -0.39 is 5.67 Å². The van der Waals surface area contributed by atoms with Crippen LogP contribution in [0, 0.1) is 0 Å². The van der Waals surface area contributed by atoms with E-state index in [-0.39, 0.29) is 6.54 Å². The minimum absolute atomic E-state index is 0.0670. The second kappa shape index (κ2) is 4.49. The highest BCUT2D eigenvalue weighted by Gasteiger charge is 2.24. The highest BCUT2D eigenvalue weighted by atomic mass is 19.1. The number of nitrogens with two attached hydrogens (primary N) is 1. The van der Waals surface area contributed by atoms with Crippen LogP contribution in [0.4, 0.5) is 4.39 Å². The maximum Gasteiger partial charge on any atom is 0.161 e. The molecule has 0 radical (unpaired) electrons. The lowest BCUT2D eigenvalue weighted by Gasteiger charge is -2.19. The molecule has 1 aromatic rings. The monoisotopic (exact) mass is 213 g/mol. The quantitative estimate of drug-likeness (QED) is 0.830. The normalized spacial score (nSPS) is 14.5. The molecule has 0 bridgehead atoms. The van der Waals surface area contributed by atoms with Gasteiger partial charge in [-0.3, -0.25) is 0 Å². The van der Waals surface area contributed by atoms with E-state index in [2.05, 4.69) is 0 Å². The molecular weight excluding hydrogens is 197 g/mol. The molecule has 0 saturated carbocycles. The molecule has 84 valence electrons. The van der Waals surface area contributed by atoms with Crippen molar-refractivity contribution < 1.29 is 13.9 Å². The summed E-state index contributed by atoms with van der Waals surface area (Å²) in [7, 11) is 3.05. The largest absolute Gasteiger partial charge is 0.493 e. The number of ether oxygens (including phenoxy) is 2. The fourth-order valence-electron chi connectivity index (χ4n) is 1.28. The highest BCUT2D eigenvalue weighted by Crippen LogP contribution is 2.33. The smallest absolute Gasteiger partial charge is 0.161 e. The summed E-state index contributed by atoms with van der Waals surface area (Å²) >= 11 is 0. The van der Waals surface area contributed by atoms with Crippen molar-refractivity contribution in [2.45, 2.75) is 12.6 Å². The summed E-state index contributed by atoms with van der Waals surface area (Å²) in [5, 5.41) is 0. The number of benzene rings is 1. The molecule has 0 spiro atoms. The first-order valence-electron chi connectivity index (χ1n) is 4.66. The van der Waals surface area contributed by atoms with Crippen LogP contribution in [-0.2, 0) is 5.67 Å². The molecule has 0 aliphatic rings. The van der Waals surface area contributed by atoms with E-state index in [0.717, 1.165) is 0 Å². The van der Waals surface area contributed by atoms with Gasteiger partial charge in [0, 0.05) is 6.54 Å². The van der Waals surface area contributed by atoms with Gasteiger partial charge in [0.2, 0.25) is 0 Å². The van der Waals surface area contributed by atoms with E-state index >= 15 is 0 Å². The van der Waals surface area contributed by atoms with Gasteiger partial charge in [0.1, 0.15) is 5.67 Å². The molecule has 0 fully saturated rings. The van der Waals surface area contributed by atoms with E-state index in [9.17, 15) is 4.39 Å². The summed E-state index contributed by atoms with van der Waals surface area (Å²) in [4.78, 5) is 0. The number of alkyl halides is 1. The SMILES string of the molecule is COc1ccc([C@](C)(F)CN)cc1OC. The second-order valence-electron chi connectivity index (χ2n) is 3.47. The zero-order chi connectivity index (χ0) is 11.5. The molecule has 0 aromatic heterocycles. The third-order valence-electron chi connectivity index (χ3n) is 2.37. The molecule has 0 amide bonds. The Morgan fingerprint density at radius 2 is 1.87 bits per heavy atom. The van der Waals surface area contributed by atoms with Crippen molar-refractivity contribution in [3.63, 3.8) is 0 Å². The van der Waals surface area contributed by atoms with Gasteiger partial charge in [-0.25, -0.2) is 4.39 Å². The minimum atomic E-state index is -1.54. The molecule has 0 heterocycles. The van der Waals surface area contributed by atoms with E-state index in [0.29, 0.717) is 17.1 Å². The first kappa shape index (κ1) is 11.8. The molecule has 4 heteroatoms. The highest BCUT2D eigenvalue weighted by molar-refractivity contribution is 5.44. The Morgan fingerprint density at radius 3 is 2.33 bits per heavy atom. The summed E-state index contributed by atoms with van der Waals surface area (Å²) in [6.07, 6.45) is 0. The van der Waals surface area contributed by atoms with Gasteiger partial charge in [-0.15, -0.1) is 0 Å². The van der Waals surface area contributed by atoms with Gasteiger partial charge in [0.05, 0.1) is 14.2 Å². The van der Waals surface area contributed by atoms with Crippen LogP contribution in [0.1, 0.15) is 12.5 Å². The lowest BCUT2D eigenvalue weighted by Crippen LogP contribution is -2.26. The summed E-state index contributed by atoms with van der Waals surface area (Å²) < 4.78 is 24.0. The fourth-order valence-corrected chi connectivity index (χ4v) is 1.28. The molecule has 3 nitrogen and oxygen atoms in total. The molecule has 2 N–H and O–H groups in total. The van der Waals surface area contributed by atoms with Crippen molar-refractivity contribution >= 4 is 0 Å². The van der Waals surface area contributed by atoms with Gasteiger partial charge < -0.3 is 15.2 Å². The lowest BCUT2D eigenvalue weighted by molar-refractivity contribution is 0.202. The van der Waals surface area contributed by atoms with Gasteiger partial charge in [-0.05, 0) is 24.6 Å². The standard InChI is InChI=1S/C11H16FNO2/c1-11(12,7-13)8-4-5-9(14-2)10(6-8)15-3/h4-6H,7,13H2,1-3H3/t11-/m1/s1. The molecule has 1 rings (SSSR count). The van der Waals surface area contributed by atoms with Crippen molar-refractivity contribution in [2.24, 2.45) is 5.73 Å².